The van der Waals surface area contributed by atoms with Crippen LogP contribution in [-0.4, -0.2) is 54.6 Å². The first-order chi connectivity index (χ1) is 17.1. The average molecular weight is 494 g/mol. The zero-order valence-electron chi connectivity index (χ0n) is 19.9. The molecule has 1 N–H and O–H groups in total. The maximum Gasteiger partial charge on any atom is 0.415 e. The molecule has 3 aromatic rings. The van der Waals surface area contributed by atoms with Gasteiger partial charge in [0.2, 0.25) is 0 Å². The Labute approximate surface area is 210 Å². The minimum absolute atomic E-state index is 0.0473. The lowest BCUT2D eigenvalue weighted by Crippen LogP contribution is -2.65. The van der Waals surface area contributed by atoms with E-state index in [-0.39, 0.29) is 17.9 Å². The number of ether oxygens (including phenoxy) is 2. The Hall–Kier alpha value is -3.03. The zero-order valence-corrected chi connectivity index (χ0v) is 20.7. The fraction of sp³-hybridized carbons (Fsp3) is 0.393. The Morgan fingerprint density at radius 1 is 1.09 bits per heavy atom. The molecule has 4 heterocycles. The van der Waals surface area contributed by atoms with Gasteiger partial charge in [0.25, 0.3) is 0 Å². The number of anilines is 1. The van der Waals surface area contributed by atoms with Crippen LogP contribution in [0.2, 0.25) is 0 Å². The van der Waals surface area contributed by atoms with Gasteiger partial charge >= 0.3 is 6.09 Å². The van der Waals surface area contributed by atoms with Gasteiger partial charge in [-0.3, -0.25) is 4.90 Å². The van der Waals surface area contributed by atoms with Crippen molar-refractivity contribution in [1.82, 2.24) is 0 Å². The number of fused-ring (bicyclic) bond motifs is 3. The van der Waals surface area contributed by atoms with Gasteiger partial charge in [-0.15, -0.1) is 0 Å². The second-order valence-electron chi connectivity index (χ2n) is 9.71. The van der Waals surface area contributed by atoms with Crippen LogP contribution in [0.15, 0.2) is 71.4 Å². The summed E-state index contributed by atoms with van der Waals surface area (Å²) >= 11 is 1.59. The Bertz CT molecular complexity index is 1100. The number of carbonyl (C=O) groups is 1. The van der Waals surface area contributed by atoms with E-state index < -0.39 is 0 Å². The lowest BCUT2D eigenvalue weighted by molar-refractivity contribution is -0.946. The van der Waals surface area contributed by atoms with E-state index >= 15 is 0 Å². The fourth-order valence-electron chi connectivity index (χ4n) is 5.46. The standard InChI is InChI=1S/C28H32N2O4S/c31-25-8-4-9-26(18-25)33-16-5-13-30-14-10-23(11-15-30)27(20-30)34-28(32)29(24-12-17-35-21-24)19-22-6-2-1-3-7-22/h1-4,6-9,12,17-18,21,23,27H,5,10-11,13-16,19-20H2/p+1/t23?,27-,30?/m0/s1. The van der Waals surface area contributed by atoms with E-state index in [2.05, 4.69) is 0 Å². The third-order valence-corrected chi connectivity index (χ3v) is 8.05. The number of rotatable bonds is 9. The average Bonchev–Trinajstić information content (AvgIpc) is 3.41. The maximum atomic E-state index is 13.4. The molecule has 1 aromatic heterocycles. The number of nitrogens with zero attached hydrogens (tertiary/aromatic N) is 2. The van der Waals surface area contributed by atoms with Crippen molar-refractivity contribution in [2.75, 3.05) is 37.7 Å². The molecule has 6 nitrogen and oxygen atoms in total. The highest BCUT2D eigenvalue weighted by Crippen LogP contribution is 2.36. The molecule has 2 aromatic carbocycles. The van der Waals surface area contributed by atoms with Crippen LogP contribution in [0.3, 0.4) is 0 Å². The summed E-state index contributed by atoms with van der Waals surface area (Å²) < 4.78 is 13.0. The summed E-state index contributed by atoms with van der Waals surface area (Å²) in [4.78, 5) is 15.2. The van der Waals surface area contributed by atoms with E-state index in [1.807, 2.05) is 53.2 Å². The molecule has 0 radical (unpaired) electrons. The second-order valence-corrected chi connectivity index (χ2v) is 10.5. The third-order valence-electron chi connectivity index (χ3n) is 7.38. The van der Waals surface area contributed by atoms with Gasteiger partial charge in [0, 0.05) is 36.6 Å². The van der Waals surface area contributed by atoms with Gasteiger partial charge < -0.3 is 19.1 Å². The van der Waals surface area contributed by atoms with E-state index in [1.165, 1.54) is 0 Å². The number of piperidine rings is 3. The quantitative estimate of drug-likeness (QED) is 0.308. The van der Waals surface area contributed by atoms with Crippen LogP contribution in [0.4, 0.5) is 10.5 Å². The topological polar surface area (TPSA) is 59.0 Å². The predicted molar refractivity (Wildman–Crippen MR) is 138 cm³/mol. The number of phenolic OH excluding ortho intramolecular Hbond substituents is 1. The summed E-state index contributed by atoms with van der Waals surface area (Å²) in [6.07, 6.45) is 2.83. The van der Waals surface area contributed by atoms with Crippen LogP contribution < -0.4 is 9.64 Å². The van der Waals surface area contributed by atoms with Crippen LogP contribution in [0, 0.1) is 5.92 Å². The van der Waals surface area contributed by atoms with Gasteiger partial charge in [-0.25, -0.2) is 4.79 Å². The summed E-state index contributed by atoms with van der Waals surface area (Å²) in [5, 5.41) is 13.6. The lowest BCUT2D eigenvalue weighted by Gasteiger charge is -2.52. The minimum Gasteiger partial charge on any atom is -0.508 e. The van der Waals surface area contributed by atoms with E-state index in [4.69, 9.17) is 9.47 Å². The van der Waals surface area contributed by atoms with Crippen molar-refractivity contribution < 1.29 is 23.9 Å². The highest BCUT2D eigenvalue weighted by molar-refractivity contribution is 7.08. The number of amides is 1. The van der Waals surface area contributed by atoms with Gasteiger partial charge in [-0.1, -0.05) is 36.4 Å². The molecule has 3 fully saturated rings. The molecule has 0 aliphatic carbocycles. The molecule has 0 spiro atoms. The van der Waals surface area contributed by atoms with Crippen molar-refractivity contribution in [2.24, 2.45) is 5.92 Å². The zero-order chi connectivity index (χ0) is 24.1. The number of phenols is 1. The minimum atomic E-state index is -0.253. The number of hydrogen-bond donors (Lipinski definition) is 1. The smallest absolute Gasteiger partial charge is 0.415 e. The third kappa shape index (κ3) is 5.80. The summed E-state index contributed by atoms with van der Waals surface area (Å²) in [6, 6.07) is 19.0. The first-order valence-electron chi connectivity index (χ1n) is 12.4. The monoisotopic (exact) mass is 493 g/mol. The number of quaternary nitrogens is 1. The molecular formula is C28H33N2O4S+. The van der Waals surface area contributed by atoms with E-state index in [0.29, 0.717) is 24.8 Å². The summed E-state index contributed by atoms with van der Waals surface area (Å²) in [7, 11) is 0. The molecule has 3 aliphatic heterocycles. The Balaban J connectivity index is 1.19. The van der Waals surface area contributed by atoms with Crippen LogP contribution in [0.1, 0.15) is 24.8 Å². The van der Waals surface area contributed by atoms with Crippen LogP contribution in [0.5, 0.6) is 11.5 Å². The van der Waals surface area contributed by atoms with Gasteiger partial charge in [-0.05, 0) is 29.1 Å². The molecular weight excluding hydrogens is 460 g/mol. The number of carbonyl (C=O) groups excluding carboxylic acids is 1. The van der Waals surface area contributed by atoms with Crippen molar-refractivity contribution in [3.8, 4) is 11.5 Å². The molecule has 184 valence electrons. The van der Waals surface area contributed by atoms with Gasteiger partial charge in [0.05, 0.1) is 38.5 Å². The van der Waals surface area contributed by atoms with Crippen molar-refractivity contribution in [3.63, 3.8) is 0 Å². The molecule has 0 saturated carbocycles. The molecule has 7 heteroatoms. The van der Waals surface area contributed by atoms with E-state index in [9.17, 15) is 9.90 Å². The summed E-state index contributed by atoms with van der Waals surface area (Å²) in [5.41, 5.74) is 1.97. The van der Waals surface area contributed by atoms with Crippen molar-refractivity contribution >= 4 is 23.1 Å². The van der Waals surface area contributed by atoms with Crippen molar-refractivity contribution in [1.29, 1.82) is 0 Å². The number of thiophene rings is 1. The molecule has 1 atom stereocenters. The first-order valence-corrected chi connectivity index (χ1v) is 13.4. The molecule has 35 heavy (non-hydrogen) atoms. The number of benzene rings is 2. The van der Waals surface area contributed by atoms with Gasteiger partial charge in [-0.2, -0.15) is 11.3 Å². The van der Waals surface area contributed by atoms with Crippen molar-refractivity contribution in [3.05, 3.63) is 77.0 Å². The number of hydrogen-bond acceptors (Lipinski definition) is 5. The predicted octanol–water partition coefficient (Wildman–Crippen LogP) is 5.68. The molecule has 1 amide bonds. The van der Waals surface area contributed by atoms with Gasteiger partial charge in [0.15, 0.2) is 6.10 Å². The number of aromatic hydroxyl groups is 1. The lowest BCUT2D eigenvalue weighted by atomic mass is 9.83. The largest absolute Gasteiger partial charge is 0.508 e. The molecule has 2 bridgehead atoms. The molecule has 3 aliphatic rings. The van der Waals surface area contributed by atoms with Crippen LogP contribution >= 0.6 is 11.3 Å². The SMILES string of the molecule is O=C(O[C@H]1C[N+]2(CCCOc3cccc(O)c3)CCC1CC2)N(Cc1ccccc1)c1ccsc1. The normalized spacial score (nSPS) is 23.1. The molecule has 6 rings (SSSR count). The van der Waals surface area contributed by atoms with Crippen LogP contribution in [-0.2, 0) is 11.3 Å². The fourth-order valence-corrected chi connectivity index (χ4v) is 6.11. The first kappa shape index (κ1) is 23.7. The Morgan fingerprint density at radius 2 is 1.91 bits per heavy atom. The van der Waals surface area contributed by atoms with E-state index in [1.54, 1.807) is 34.4 Å². The maximum absolute atomic E-state index is 13.4. The van der Waals surface area contributed by atoms with Crippen molar-refractivity contribution in [2.45, 2.75) is 31.9 Å². The Morgan fingerprint density at radius 3 is 2.66 bits per heavy atom. The molecule has 3 saturated heterocycles. The highest BCUT2D eigenvalue weighted by Gasteiger charge is 2.47. The summed E-state index contributed by atoms with van der Waals surface area (Å²) in [6.45, 7) is 5.29. The highest BCUT2D eigenvalue weighted by atomic mass is 32.1. The molecule has 0 unspecified atom stereocenters. The van der Waals surface area contributed by atoms with Crippen LogP contribution in [0.25, 0.3) is 0 Å². The second kappa shape index (κ2) is 10.7. The Kier molecular flexibility index (Phi) is 7.25. The van der Waals surface area contributed by atoms with Gasteiger partial charge in [0.1, 0.15) is 18.0 Å². The summed E-state index contributed by atoms with van der Waals surface area (Å²) in [5.74, 6) is 1.36. The van der Waals surface area contributed by atoms with E-state index in [0.717, 1.165) is 61.2 Å².